The lowest BCUT2D eigenvalue weighted by molar-refractivity contribution is -0.129. The number of ether oxygens (including phenoxy) is 2. The second kappa shape index (κ2) is 8.57. The van der Waals surface area contributed by atoms with Crippen molar-refractivity contribution in [3.05, 3.63) is 54.1 Å². The molecule has 2 aromatic carbocycles. The minimum Gasteiger partial charge on any atom is -0.454 e. The second-order valence-electron chi connectivity index (χ2n) is 6.59. The average Bonchev–Trinajstić information content (AvgIpc) is 3.19. The molecule has 8 heteroatoms. The van der Waals surface area contributed by atoms with E-state index < -0.39 is 5.25 Å². The first-order chi connectivity index (χ1) is 14.1. The number of nitrogens with one attached hydrogen (secondary N) is 1. The van der Waals surface area contributed by atoms with Gasteiger partial charge in [-0.15, -0.1) is 0 Å². The number of hydrogen-bond acceptors (Lipinski definition) is 6. The molecule has 0 unspecified atom stereocenters. The number of thioether (sulfide) groups is 1. The van der Waals surface area contributed by atoms with Gasteiger partial charge in [-0.3, -0.25) is 19.5 Å². The lowest BCUT2D eigenvalue weighted by Gasteiger charge is -2.32. The molecule has 29 heavy (non-hydrogen) atoms. The normalized spacial score (nSPS) is 19.5. The molecule has 150 valence electrons. The zero-order valence-corrected chi connectivity index (χ0v) is 16.8. The Morgan fingerprint density at radius 2 is 2.00 bits per heavy atom. The molecule has 2 heterocycles. The fourth-order valence-electron chi connectivity index (χ4n) is 3.13. The van der Waals surface area contributed by atoms with E-state index >= 15 is 0 Å². The Morgan fingerprint density at radius 3 is 2.79 bits per heavy atom. The summed E-state index contributed by atoms with van der Waals surface area (Å²) < 4.78 is 10.8. The molecule has 0 radical (unpaired) electrons. The molecule has 0 spiro atoms. The van der Waals surface area contributed by atoms with Crippen molar-refractivity contribution in [3.8, 4) is 11.5 Å². The topological polar surface area (TPSA) is 80.2 Å². The molecular formula is C21H21N3O4S. The summed E-state index contributed by atoms with van der Waals surface area (Å²) in [6, 6.07) is 14.8. The molecule has 2 amide bonds. The van der Waals surface area contributed by atoms with Gasteiger partial charge < -0.3 is 14.8 Å². The predicted octanol–water partition coefficient (Wildman–Crippen LogP) is 3.26. The molecule has 1 fully saturated rings. The number of amidine groups is 1. The number of aliphatic imine (C=N–C) groups is 1. The van der Waals surface area contributed by atoms with Gasteiger partial charge in [0.1, 0.15) is 5.25 Å². The number of para-hydroxylation sites is 1. The van der Waals surface area contributed by atoms with Crippen LogP contribution in [0.25, 0.3) is 0 Å². The van der Waals surface area contributed by atoms with Crippen molar-refractivity contribution in [1.82, 2.24) is 4.90 Å². The van der Waals surface area contributed by atoms with Crippen molar-refractivity contribution < 1.29 is 19.1 Å². The Kier molecular flexibility index (Phi) is 5.71. The van der Waals surface area contributed by atoms with Crippen LogP contribution in [0.1, 0.15) is 18.9 Å². The van der Waals surface area contributed by atoms with Crippen LogP contribution in [0.15, 0.2) is 53.5 Å². The predicted molar refractivity (Wildman–Crippen MR) is 112 cm³/mol. The number of fused-ring (bicyclic) bond motifs is 1. The molecule has 2 aromatic rings. The number of benzene rings is 2. The van der Waals surface area contributed by atoms with Gasteiger partial charge in [0.05, 0.1) is 6.54 Å². The fraction of sp³-hybridized carbons (Fsp3) is 0.286. The number of carbonyl (C=O) groups is 2. The number of anilines is 1. The van der Waals surface area contributed by atoms with Gasteiger partial charge in [0, 0.05) is 18.7 Å². The van der Waals surface area contributed by atoms with Gasteiger partial charge in [0.15, 0.2) is 16.7 Å². The van der Waals surface area contributed by atoms with E-state index in [1.807, 2.05) is 55.5 Å². The summed E-state index contributed by atoms with van der Waals surface area (Å²) >= 11 is 1.33. The molecule has 0 aliphatic carbocycles. The Bertz CT molecular complexity index is 948. The highest BCUT2D eigenvalue weighted by Crippen LogP contribution is 2.34. The summed E-state index contributed by atoms with van der Waals surface area (Å²) in [5.74, 6) is 1.06. The van der Waals surface area contributed by atoms with Crippen LogP contribution in [0.5, 0.6) is 11.5 Å². The minimum absolute atomic E-state index is 0.122. The first kappa shape index (κ1) is 19.3. The zero-order valence-electron chi connectivity index (χ0n) is 16.0. The van der Waals surface area contributed by atoms with Crippen LogP contribution in [0, 0.1) is 0 Å². The monoisotopic (exact) mass is 411 g/mol. The Hall–Kier alpha value is -3.00. The van der Waals surface area contributed by atoms with Crippen LogP contribution in [0.4, 0.5) is 5.69 Å². The van der Waals surface area contributed by atoms with Crippen molar-refractivity contribution in [1.29, 1.82) is 0 Å². The van der Waals surface area contributed by atoms with E-state index in [9.17, 15) is 9.59 Å². The van der Waals surface area contributed by atoms with Crippen LogP contribution in [-0.2, 0) is 16.1 Å². The summed E-state index contributed by atoms with van der Waals surface area (Å²) in [4.78, 5) is 31.7. The molecule has 0 saturated carbocycles. The highest BCUT2D eigenvalue weighted by atomic mass is 32.2. The first-order valence-corrected chi connectivity index (χ1v) is 10.3. The van der Waals surface area contributed by atoms with Crippen LogP contribution in [-0.4, -0.2) is 40.5 Å². The number of carbonyl (C=O) groups excluding carboxylic acids is 2. The highest BCUT2D eigenvalue weighted by Gasteiger charge is 2.36. The van der Waals surface area contributed by atoms with Crippen molar-refractivity contribution >= 4 is 34.4 Å². The molecule has 2 aliphatic heterocycles. The van der Waals surface area contributed by atoms with Crippen molar-refractivity contribution in [2.24, 2.45) is 4.99 Å². The Labute approximate surface area is 173 Å². The standard InChI is InChI=1S/C21H21N3O4S/c1-2-22-21-24(12-14-8-9-16-17(10-14)28-13-27-16)19(25)11-18(29-21)20(26)23-15-6-4-3-5-7-15/h3-10,18H,2,11-13H2,1H3,(H,23,26)/t18-/m0/s1. The van der Waals surface area contributed by atoms with Crippen LogP contribution >= 0.6 is 11.8 Å². The largest absolute Gasteiger partial charge is 0.454 e. The SMILES string of the molecule is CCN=C1S[C@H](C(=O)Nc2ccccc2)CC(=O)N1Cc1ccc2c(c1)OCO2. The zero-order chi connectivity index (χ0) is 20.2. The third kappa shape index (κ3) is 4.37. The van der Waals surface area contributed by atoms with Crippen LogP contribution in [0.3, 0.4) is 0 Å². The summed E-state index contributed by atoms with van der Waals surface area (Å²) in [6.45, 7) is 3.01. The van der Waals surface area contributed by atoms with Gasteiger partial charge in [-0.25, -0.2) is 0 Å². The van der Waals surface area contributed by atoms with Crippen molar-refractivity contribution in [2.45, 2.75) is 25.1 Å². The van der Waals surface area contributed by atoms with Gasteiger partial charge in [-0.05, 0) is 36.8 Å². The minimum atomic E-state index is -0.513. The maximum atomic E-state index is 12.9. The van der Waals surface area contributed by atoms with E-state index in [1.54, 1.807) is 4.90 Å². The van der Waals surface area contributed by atoms with Gasteiger partial charge in [-0.2, -0.15) is 0 Å². The average molecular weight is 411 g/mol. The van der Waals surface area contributed by atoms with Gasteiger partial charge in [0.25, 0.3) is 0 Å². The maximum Gasteiger partial charge on any atom is 0.238 e. The van der Waals surface area contributed by atoms with E-state index in [-0.39, 0.29) is 25.0 Å². The summed E-state index contributed by atoms with van der Waals surface area (Å²) in [5.41, 5.74) is 1.63. The van der Waals surface area contributed by atoms with E-state index in [4.69, 9.17) is 9.47 Å². The summed E-state index contributed by atoms with van der Waals surface area (Å²) in [7, 11) is 0. The molecule has 7 nitrogen and oxygen atoms in total. The lowest BCUT2D eigenvalue weighted by atomic mass is 10.1. The summed E-state index contributed by atoms with van der Waals surface area (Å²) in [5, 5.41) is 2.92. The molecule has 2 aliphatic rings. The quantitative estimate of drug-likeness (QED) is 0.817. The van der Waals surface area contributed by atoms with Gasteiger partial charge in [0.2, 0.25) is 18.6 Å². The highest BCUT2D eigenvalue weighted by molar-refractivity contribution is 8.15. The lowest BCUT2D eigenvalue weighted by Crippen LogP contribution is -2.45. The van der Waals surface area contributed by atoms with Crippen molar-refractivity contribution in [3.63, 3.8) is 0 Å². The number of nitrogens with zero attached hydrogens (tertiary/aromatic N) is 2. The summed E-state index contributed by atoms with van der Waals surface area (Å²) in [6.07, 6.45) is 0.122. The fourth-order valence-corrected chi connectivity index (χ4v) is 4.28. The van der Waals surface area contributed by atoms with Crippen molar-refractivity contribution in [2.75, 3.05) is 18.7 Å². The molecule has 1 atom stereocenters. The van der Waals surface area contributed by atoms with E-state index in [1.165, 1.54) is 11.8 Å². The Balaban J connectivity index is 1.48. The molecule has 1 saturated heterocycles. The smallest absolute Gasteiger partial charge is 0.238 e. The van der Waals surface area contributed by atoms with Gasteiger partial charge >= 0.3 is 0 Å². The third-order valence-corrected chi connectivity index (χ3v) is 5.77. The maximum absolute atomic E-state index is 12.9. The molecular weight excluding hydrogens is 390 g/mol. The van der Waals surface area contributed by atoms with Gasteiger partial charge in [-0.1, -0.05) is 36.0 Å². The molecule has 0 bridgehead atoms. The number of amides is 2. The first-order valence-electron chi connectivity index (χ1n) is 9.40. The third-order valence-electron chi connectivity index (χ3n) is 4.54. The molecule has 0 aromatic heterocycles. The molecule has 1 N–H and O–H groups in total. The number of hydrogen-bond donors (Lipinski definition) is 1. The van der Waals surface area contributed by atoms with E-state index in [2.05, 4.69) is 10.3 Å². The Morgan fingerprint density at radius 1 is 1.21 bits per heavy atom. The second-order valence-corrected chi connectivity index (χ2v) is 7.76. The van der Waals surface area contributed by atoms with E-state index in [0.29, 0.717) is 35.4 Å². The molecule has 4 rings (SSSR count). The van der Waals surface area contributed by atoms with Crippen LogP contribution < -0.4 is 14.8 Å². The number of rotatable bonds is 5. The van der Waals surface area contributed by atoms with E-state index in [0.717, 1.165) is 5.56 Å². The van der Waals surface area contributed by atoms with Crippen LogP contribution in [0.2, 0.25) is 0 Å².